The average molecular weight is 273 g/mol. The summed E-state index contributed by atoms with van der Waals surface area (Å²) < 4.78 is 30.9. The lowest BCUT2D eigenvalue weighted by atomic mass is 10.2. The molecule has 0 saturated carbocycles. The van der Waals surface area contributed by atoms with Crippen LogP contribution in [0, 0.1) is 11.6 Å². The zero-order valence-corrected chi connectivity index (χ0v) is 10.8. The third-order valence-electron chi connectivity index (χ3n) is 2.34. The second kappa shape index (κ2) is 7.04. The molecule has 0 amide bonds. The Bertz CT molecular complexity index is 418. The smallest absolute Gasteiger partial charge is 0.320 e. The van der Waals surface area contributed by atoms with Gasteiger partial charge in [0, 0.05) is 30.7 Å². The summed E-state index contributed by atoms with van der Waals surface area (Å²) in [6.45, 7) is 3.72. The topological polar surface area (TPSA) is 58.6 Å². The highest BCUT2D eigenvalue weighted by molar-refractivity contribution is 5.73. The lowest BCUT2D eigenvalue weighted by molar-refractivity contribution is -0.140. The zero-order chi connectivity index (χ0) is 14.4. The molecule has 0 spiro atoms. The molecule has 0 aliphatic rings. The maximum atomic E-state index is 12.9. The van der Waals surface area contributed by atoms with Crippen LogP contribution in [0.1, 0.15) is 20.3 Å². The molecule has 6 heteroatoms. The summed E-state index contributed by atoms with van der Waals surface area (Å²) in [5.41, 5.74) is 0. The number of nitrogens with one attached hydrogen (secondary N) is 1. The van der Waals surface area contributed by atoms with Crippen LogP contribution in [-0.4, -0.2) is 29.8 Å². The number of rotatable bonds is 7. The highest BCUT2D eigenvalue weighted by Crippen LogP contribution is 2.15. The second-order valence-electron chi connectivity index (χ2n) is 4.45. The molecule has 0 fully saturated rings. The number of halogens is 2. The van der Waals surface area contributed by atoms with Gasteiger partial charge in [-0.1, -0.05) is 13.8 Å². The van der Waals surface area contributed by atoms with Crippen LogP contribution < -0.4 is 10.1 Å². The first-order chi connectivity index (χ1) is 8.88. The molecule has 19 heavy (non-hydrogen) atoms. The van der Waals surface area contributed by atoms with Crippen molar-refractivity contribution in [2.75, 3.05) is 6.61 Å². The molecule has 1 aromatic rings. The van der Waals surface area contributed by atoms with Crippen LogP contribution in [0.5, 0.6) is 5.75 Å². The van der Waals surface area contributed by atoms with Crippen LogP contribution in [0.2, 0.25) is 0 Å². The first-order valence-electron chi connectivity index (χ1n) is 5.96. The van der Waals surface area contributed by atoms with Gasteiger partial charge in [0.25, 0.3) is 0 Å². The normalized spacial score (nSPS) is 12.5. The summed E-state index contributed by atoms with van der Waals surface area (Å²) in [7, 11) is 0. The molecule has 106 valence electrons. The molecule has 0 aromatic heterocycles. The Balaban J connectivity index is 2.49. The van der Waals surface area contributed by atoms with Crippen molar-refractivity contribution in [2.24, 2.45) is 0 Å². The number of carbonyl (C=O) groups is 1. The van der Waals surface area contributed by atoms with Gasteiger partial charge in [0.05, 0.1) is 6.61 Å². The Morgan fingerprint density at radius 1 is 1.32 bits per heavy atom. The van der Waals surface area contributed by atoms with Gasteiger partial charge in [-0.2, -0.15) is 0 Å². The van der Waals surface area contributed by atoms with Crippen molar-refractivity contribution in [3.63, 3.8) is 0 Å². The Hall–Kier alpha value is -1.69. The summed E-state index contributed by atoms with van der Waals surface area (Å²) in [5, 5.41) is 11.8. The maximum absolute atomic E-state index is 12.9. The van der Waals surface area contributed by atoms with Crippen molar-refractivity contribution in [1.29, 1.82) is 0 Å². The van der Waals surface area contributed by atoms with E-state index in [1.807, 2.05) is 13.8 Å². The van der Waals surface area contributed by atoms with Gasteiger partial charge in [-0.25, -0.2) is 8.78 Å². The predicted octanol–water partition coefficient (Wildman–Crippen LogP) is 2.18. The highest BCUT2D eigenvalue weighted by atomic mass is 19.1. The molecular formula is C13H17F2NO3. The summed E-state index contributed by atoms with van der Waals surface area (Å²) in [5.74, 6) is -2.40. The van der Waals surface area contributed by atoms with E-state index in [1.165, 1.54) is 0 Å². The molecule has 0 bridgehead atoms. The Morgan fingerprint density at radius 2 is 1.89 bits per heavy atom. The third kappa shape index (κ3) is 5.65. The van der Waals surface area contributed by atoms with Gasteiger partial charge >= 0.3 is 5.97 Å². The van der Waals surface area contributed by atoms with E-state index >= 15 is 0 Å². The first kappa shape index (κ1) is 15.4. The number of hydrogen-bond donors (Lipinski definition) is 2. The molecule has 1 atom stereocenters. The molecule has 0 radical (unpaired) electrons. The zero-order valence-electron chi connectivity index (χ0n) is 10.8. The average Bonchev–Trinajstić information content (AvgIpc) is 2.25. The van der Waals surface area contributed by atoms with E-state index in [1.54, 1.807) is 0 Å². The minimum atomic E-state index is -0.984. The van der Waals surface area contributed by atoms with Crippen molar-refractivity contribution in [1.82, 2.24) is 5.32 Å². The van der Waals surface area contributed by atoms with Crippen LogP contribution in [0.3, 0.4) is 0 Å². The van der Waals surface area contributed by atoms with Crippen molar-refractivity contribution in [3.8, 4) is 5.75 Å². The molecule has 1 unspecified atom stereocenters. The lowest BCUT2D eigenvalue weighted by Gasteiger charge is -2.17. The number of ether oxygens (including phenoxy) is 1. The minimum absolute atomic E-state index is 0.0210. The van der Waals surface area contributed by atoms with E-state index in [2.05, 4.69) is 5.32 Å². The fraction of sp³-hybridized carbons (Fsp3) is 0.462. The van der Waals surface area contributed by atoms with Gasteiger partial charge < -0.3 is 15.2 Å². The van der Waals surface area contributed by atoms with Crippen molar-refractivity contribution in [2.45, 2.75) is 32.4 Å². The van der Waals surface area contributed by atoms with Crippen LogP contribution in [-0.2, 0) is 4.79 Å². The first-order valence-corrected chi connectivity index (χ1v) is 5.96. The molecule has 0 aliphatic carbocycles. The van der Waals surface area contributed by atoms with E-state index in [0.717, 1.165) is 18.2 Å². The number of benzene rings is 1. The highest BCUT2D eigenvalue weighted by Gasteiger charge is 2.17. The van der Waals surface area contributed by atoms with Crippen molar-refractivity contribution < 1.29 is 23.4 Å². The molecule has 4 nitrogen and oxygen atoms in total. The number of carboxylic acids is 1. The SMILES string of the molecule is CC(C)NC(CCOc1cc(F)cc(F)c1)C(=O)O. The third-order valence-corrected chi connectivity index (χ3v) is 2.34. The molecule has 0 aliphatic heterocycles. The van der Waals surface area contributed by atoms with E-state index in [4.69, 9.17) is 9.84 Å². The molecule has 0 saturated heterocycles. The van der Waals surface area contributed by atoms with Crippen LogP contribution in [0.15, 0.2) is 18.2 Å². The van der Waals surface area contributed by atoms with E-state index in [0.29, 0.717) is 0 Å². The number of hydrogen-bond acceptors (Lipinski definition) is 3. The van der Waals surface area contributed by atoms with Gasteiger partial charge in [0.2, 0.25) is 0 Å². The van der Waals surface area contributed by atoms with Gasteiger partial charge in [-0.05, 0) is 0 Å². The van der Waals surface area contributed by atoms with Crippen molar-refractivity contribution in [3.05, 3.63) is 29.8 Å². The van der Waals surface area contributed by atoms with Gasteiger partial charge in [-0.3, -0.25) is 4.79 Å². The Morgan fingerprint density at radius 3 is 2.37 bits per heavy atom. The second-order valence-corrected chi connectivity index (χ2v) is 4.45. The van der Waals surface area contributed by atoms with Crippen LogP contribution in [0.4, 0.5) is 8.78 Å². The quantitative estimate of drug-likeness (QED) is 0.799. The van der Waals surface area contributed by atoms with Gasteiger partial charge in [0.15, 0.2) is 0 Å². The Labute approximate surface area is 110 Å². The standard InChI is InChI=1S/C13H17F2NO3/c1-8(2)16-12(13(17)18)3-4-19-11-6-9(14)5-10(15)7-11/h5-8,12,16H,3-4H2,1-2H3,(H,17,18). The summed E-state index contributed by atoms with van der Waals surface area (Å²) in [4.78, 5) is 10.9. The molecule has 2 N–H and O–H groups in total. The monoisotopic (exact) mass is 273 g/mol. The summed E-state index contributed by atoms with van der Waals surface area (Å²) in [6.07, 6.45) is 0.200. The largest absolute Gasteiger partial charge is 0.493 e. The number of aliphatic carboxylic acids is 1. The van der Waals surface area contributed by atoms with Gasteiger partial charge in [-0.15, -0.1) is 0 Å². The van der Waals surface area contributed by atoms with Crippen molar-refractivity contribution >= 4 is 5.97 Å². The molecule has 1 aromatic carbocycles. The molecule has 1 rings (SSSR count). The number of carboxylic acid groups (broad SMARTS) is 1. The fourth-order valence-electron chi connectivity index (χ4n) is 1.59. The maximum Gasteiger partial charge on any atom is 0.320 e. The van der Waals surface area contributed by atoms with E-state index in [9.17, 15) is 13.6 Å². The van der Waals surface area contributed by atoms with Crippen LogP contribution >= 0.6 is 0 Å². The summed E-state index contributed by atoms with van der Waals surface area (Å²) >= 11 is 0. The van der Waals surface area contributed by atoms with E-state index in [-0.39, 0.29) is 24.8 Å². The summed E-state index contributed by atoms with van der Waals surface area (Å²) in [6, 6.07) is 2.11. The van der Waals surface area contributed by atoms with Crippen LogP contribution in [0.25, 0.3) is 0 Å². The van der Waals surface area contributed by atoms with E-state index < -0.39 is 23.6 Å². The fourth-order valence-corrected chi connectivity index (χ4v) is 1.59. The lowest BCUT2D eigenvalue weighted by Crippen LogP contribution is -2.41. The predicted molar refractivity (Wildman–Crippen MR) is 66.2 cm³/mol. The molecular weight excluding hydrogens is 256 g/mol. The van der Waals surface area contributed by atoms with Gasteiger partial charge in [0.1, 0.15) is 23.4 Å². The minimum Gasteiger partial charge on any atom is -0.493 e. The molecule has 0 heterocycles. The Kier molecular flexibility index (Phi) is 5.69.